The molecule has 0 aliphatic carbocycles. The molecule has 0 atom stereocenters. The highest BCUT2D eigenvalue weighted by Crippen LogP contribution is 2.33. The third kappa shape index (κ3) is 1.78. The highest BCUT2D eigenvalue weighted by atomic mass is 32.2. The number of thioether (sulfide) groups is 1. The first-order valence-corrected chi connectivity index (χ1v) is 6.52. The highest BCUT2D eigenvalue weighted by molar-refractivity contribution is 7.98. The van der Waals surface area contributed by atoms with Gasteiger partial charge in [-0.05, 0) is 18.2 Å². The number of rotatable bonds is 1. The number of halogens is 1. The van der Waals surface area contributed by atoms with Gasteiger partial charge in [-0.1, -0.05) is 0 Å². The Balaban J connectivity index is 2.12. The van der Waals surface area contributed by atoms with Crippen molar-refractivity contribution >= 4 is 17.6 Å². The second kappa shape index (κ2) is 4.13. The molecular formula is C12H10FN3OS. The summed E-state index contributed by atoms with van der Waals surface area (Å²) >= 11 is 1.73. The molecule has 1 aliphatic heterocycles. The Morgan fingerprint density at radius 1 is 1.28 bits per heavy atom. The number of phenolic OH excluding ortho intramolecular Hbond substituents is 1. The van der Waals surface area contributed by atoms with Crippen molar-refractivity contribution in [2.24, 2.45) is 0 Å². The van der Waals surface area contributed by atoms with E-state index in [1.807, 2.05) is 0 Å². The van der Waals surface area contributed by atoms with Crippen LogP contribution in [-0.2, 0) is 11.5 Å². The molecule has 0 saturated heterocycles. The SMILES string of the molecule is Nc1nc(-c2ccc(O)c(F)c2)nc2c1CSC2. The summed E-state index contributed by atoms with van der Waals surface area (Å²) in [4.78, 5) is 8.59. The number of nitrogens with two attached hydrogens (primary N) is 1. The lowest BCUT2D eigenvalue weighted by atomic mass is 10.1. The Bertz CT molecular complexity index is 633. The smallest absolute Gasteiger partial charge is 0.165 e. The Kier molecular flexibility index (Phi) is 2.59. The van der Waals surface area contributed by atoms with Gasteiger partial charge >= 0.3 is 0 Å². The summed E-state index contributed by atoms with van der Waals surface area (Å²) < 4.78 is 13.3. The minimum atomic E-state index is -0.690. The van der Waals surface area contributed by atoms with E-state index in [4.69, 9.17) is 10.8 Å². The number of aromatic nitrogens is 2. The predicted octanol–water partition coefficient (Wildman–Crippen LogP) is 2.32. The van der Waals surface area contributed by atoms with E-state index in [0.29, 0.717) is 17.2 Å². The summed E-state index contributed by atoms with van der Waals surface area (Å²) in [5, 5.41) is 9.16. The molecule has 0 fully saturated rings. The molecule has 4 nitrogen and oxygen atoms in total. The number of benzene rings is 1. The number of aromatic hydroxyl groups is 1. The molecule has 3 N–H and O–H groups in total. The van der Waals surface area contributed by atoms with Gasteiger partial charge in [-0.2, -0.15) is 11.8 Å². The molecule has 92 valence electrons. The van der Waals surface area contributed by atoms with Gasteiger partial charge in [0, 0.05) is 22.6 Å². The van der Waals surface area contributed by atoms with Crippen molar-refractivity contribution in [1.82, 2.24) is 9.97 Å². The minimum absolute atomic E-state index is 0.386. The molecule has 0 bridgehead atoms. The summed E-state index contributed by atoms with van der Waals surface area (Å²) in [6, 6.07) is 4.06. The van der Waals surface area contributed by atoms with E-state index in [1.54, 1.807) is 17.8 Å². The van der Waals surface area contributed by atoms with Crippen LogP contribution in [0.1, 0.15) is 11.3 Å². The van der Waals surface area contributed by atoms with E-state index in [1.165, 1.54) is 12.1 Å². The molecule has 2 aromatic rings. The van der Waals surface area contributed by atoms with Gasteiger partial charge in [-0.15, -0.1) is 0 Å². The largest absolute Gasteiger partial charge is 0.505 e. The van der Waals surface area contributed by atoms with Gasteiger partial charge in [0.05, 0.1) is 5.69 Å². The number of anilines is 1. The molecule has 1 aromatic carbocycles. The van der Waals surface area contributed by atoms with Crippen LogP contribution in [0, 0.1) is 5.82 Å². The van der Waals surface area contributed by atoms with Gasteiger partial charge in [0.2, 0.25) is 0 Å². The van der Waals surface area contributed by atoms with Crippen LogP contribution >= 0.6 is 11.8 Å². The van der Waals surface area contributed by atoms with Crippen LogP contribution in [-0.4, -0.2) is 15.1 Å². The molecule has 2 heterocycles. The summed E-state index contributed by atoms with van der Waals surface area (Å²) in [6.07, 6.45) is 0. The average molecular weight is 263 g/mol. The first kappa shape index (κ1) is 11.3. The van der Waals surface area contributed by atoms with E-state index in [2.05, 4.69) is 9.97 Å². The van der Waals surface area contributed by atoms with Gasteiger partial charge < -0.3 is 10.8 Å². The quantitative estimate of drug-likeness (QED) is 0.826. The van der Waals surface area contributed by atoms with E-state index in [9.17, 15) is 4.39 Å². The summed E-state index contributed by atoms with van der Waals surface area (Å²) in [5.41, 5.74) is 8.27. The van der Waals surface area contributed by atoms with Crippen LogP contribution in [0.3, 0.4) is 0 Å². The van der Waals surface area contributed by atoms with Gasteiger partial charge in [-0.25, -0.2) is 14.4 Å². The van der Waals surface area contributed by atoms with Gasteiger partial charge in [-0.3, -0.25) is 0 Å². The van der Waals surface area contributed by atoms with Gasteiger partial charge in [0.25, 0.3) is 0 Å². The lowest BCUT2D eigenvalue weighted by Crippen LogP contribution is -2.02. The summed E-state index contributed by atoms with van der Waals surface area (Å²) in [5.74, 6) is 1.40. The number of hydrogen-bond donors (Lipinski definition) is 2. The predicted molar refractivity (Wildman–Crippen MR) is 68.5 cm³/mol. The zero-order valence-electron chi connectivity index (χ0n) is 9.35. The van der Waals surface area contributed by atoms with Crippen molar-refractivity contribution in [2.75, 3.05) is 5.73 Å². The van der Waals surface area contributed by atoms with Crippen molar-refractivity contribution in [3.63, 3.8) is 0 Å². The Morgan fingerprint density at radius 3 is 2.89 bits per heavy atom. The normalized spacial score (nSPS) is 13.6. The highest BCUT2D eigenvalue weighted by Gasteiger charge is 2.19. The zero-order valence-corrected chi connectivity index (χ0v) is 10.2. The zero-order chi connectivity index (χ0) is 12.7. The van der Waals surface area contributed by atoms with Crippen LogP contribution < -0.4 is 5.73 Å². The summed E-state index contributed by atoms with van der Waals surface area (Å²) in [6.45, 7) is 0. The molecule has 0 radical (unpaired) electrons. The van der Waals surface area contributed by atoms with Crippen LogP contribution in [0.15, 0.2) is 18.2 Å². The fraction of sp³-hybridized carbons (Fsp3) is 0.167. The first-order valence-electron chi connectivity index (χ1n) is 5.37. The fourth-order valence-corrected chi connectivity index (χ4v) is 2.90. The standard InChI is InChI=1S/C12H10FN3OS/c13-8-3-6(1-2-10(8)17)12-15-9-5-18-4-7(9)11(14)16-12/h1-3,17H,4-5H2,(H2,14,15,16). The van der Waals surface area contributed by atoms with Crippen LogP contribution in [0.4, 0.5) is 10.2 Å². The maximum Gasteiger partial charge on any atom is 0.165 e. The second-order valence-corrected chi connectivity index (χ2v) is 5.00. The maximum atomic E-state index is 13.3. The number of hydrogen-bond acceptors (Lipinski definition) is 5. The average Bonchev–Trinajstić information content (AvgIpc) is 2.81. The molecule has 1 aromatic heterocycles. The third-order valence-corrected chi connectivity index (χ3v) is 3.79. The monoisotopic (exact) mass is 263 g/mol. The Labute approximate surface area is 107 Å². The van der Waals surface area contributed by atoms with Crippen molar-refractivity contribution in [3.05, 3.63) is 35.3 Å². The number of nitrogens with zero attached hydrogens (tertiary/aromatic N) is 2. The van der Waals surface area contributed by atoms with Gasteiger partial charge in [0.1, 0.15) is 5.82 Å². The van der Waals surface area contributed by atoms with Crippen molar-refractivity contribution in [3.8, 4) is 17.1 Å². The maximum absolute atomic E-state index is 13.3. The topological polar surface area (TPSA) is 72.0 Å². The van der Waals surface area contributed by atoms with Crippen molar-refractivity contribution in [2.45, 2.75) is 11.5 Å². The third-order valence-electron chi connectivity index (χ3n) is 2.82. The number of phenols is 1. The van der Waals surface area contributed by atoms with Crippen LogP contribution in [0.25, 0.3) is 11.4 Å². The first-order chi connectivity index (χ1) is 8.65. The van der Waals surface area contributed by atoms with Crippen LogP contribution in [0.5, 0.6) is 5.75 Å². The number of fused-ring (bicyclic) bond motifs is 1. The molecule has 3 rings (SSSR count). The van der Waals surface area contributed by atoms with Crippen LogP contribution in [0.2, 0.25) is 0 Å². The molecule has 6 heteroatoms. The molecule has 0 unspecified atom stereocenters. The Hall–Kier alpha value is -1.82. The molecule has 0 saturated carbocycles. The lowest BCUT2D eigenvalue weighted by molar-refractivity contribution is 0.432. The molecule has 0 amide bonds. The van der Waals surface area contributed by atoms with Crippen molar-refractivity contribution in [1.29, 1.82) is 0 Å². The Morgan fingerprint density at radius 2 is 2.11 bits per heavy atom. The molecule has 18 heavy (non-hydrogen) atoms. The number of nitrogen functional groups attached to an aromatic ring is 1. The fourth-order valence-electron chi connectivity index (χ4n) is 1.85. The van der Waals surface area contributed by atoms with E-state index < -0.39 is 5.82 Å². The van der Waals surface area contributed by atoms with E-state index >= 15 is 0 Å². The lowest BCUT2D eigenvalue weighted by Gasteiger charge is -2.06. The summed E-state index contributed by atoms with van der Waals surface area (Å²) in [7, 11) is 0. The van der Waals surface area contributed by atoms with Gasteiger partial charge in [0.15, 0.2) is 17.4 Å². The van der Waals surface area contributed by atoms with Crippen molar-refractivity contribution < 1.29 is 9.50 Å². The molecular weight excluding hydrogens is 253 g/mol. The minimum Gasteiger partial charge on any atom is -0.505 e. The molecule has 0 spiro atoms. The van der Waals surface area contributed by atoms with E-state index in [-0.39, 0.29) is 5.75 Å². The second-order valence-electron chi connectivity index (χ2n) is 4.02. The van der Waals surface area contributed by atoms with E-state index in [0.717, 1.165) is 22.8 Å². The molecule has 1 aliphatic rings.